The summed E-state index contributed by atoms with van der Waals surface area (Å²) in [5.74, 6) is 0.848. The predicted octanol–water partition coefficient (Wildman–Crippen LogP) is 2.16. The van der Waals surface area contributed by atoms with Gasteiger partial charge in [-0.25, -0.2) is 4.98 Å². The molecular weight excluding hydrogens is 258 g/mol. The van der Waals surface area contributed by atoms with Gasteiger partial charge in [0.05, 0.1) is 6.07 Å². The maximum atomic E-state index is 9.55. The Balaban J connectivity index is 1.64. The normalized spacial score (nSPS) is 31.1. The highest BCUT2D eigenvalue weighted by Crippen LogP contribution is 2.38. The smallest absolute Gasteiger partial charge is 0.208 e. The molecule has 1 aromatic heterocycles. The fraction of sp³-hybridized carbons (Fsp3) is 0.769. The molecule has 2 saturated carbocycles. The number of thioether (sulfide) groups is 1. The molecule has 2 N–H and O–H groups in total. The number of nitrogens with zero attached hydrogens (tertiary/aromatic N) is 3. The predicted molar refractivity (Wildman–Crippen MR) is 73.7 cm³/mol. The van der Waals surface area contributed by atoms with Crippen molar-refractivity contribution in [3.05, 3.63) is 5.82 Å². The van der Waals surface area contributed by atoms with E-state index in [0.29, 0.717) is 11.3 Å². The Morgan fingerprint density at radius 2 is 2.32 bits per heavy atom. The molecule has 0 aromatic carbocycles. The van der Waals surface area contributed by atoms with Gasteiger partial charge in [-0.2, -0.15) is 5.26 Å². The van der Waals surface area contributed by atoms with Crippen LogP contribution in [-0.2, 0) is 0 Å². The first-order chi connectivity index (χ1) is 9.19. The van der Waals surface area contributed by atoms with E-state index < -0.39 is 0 Å². The van der Waals surface area contributed by atoms with E-state index in [1.165, 1.54) is 12.8 Å². The first kappa shape index (κ1) is 12.9. The number of nitriles is 1. The van der Waals surface area contributed by atoms with Crippen LogP contribution >= 0.6 is 11.8 Å². The third kappa shape index (κ3) is 3.10. The number of hydrogen-bond donors (Lipinski definition) is 2. The molecular formula is C13H19N5S. The van der Waals surface area contributed by atoms with Crippen molar-refractivity contribution in [2.45, 2.75) is 67.4 Å². The molecule has 2 atom stereocenters. The van der Waals surface area contributed by atoms with Gasteiger partial charge in [0.1, 0.15) is 11.4 Å². The van der Waals surface area contributed by atoms with Crippen molar-refractivity contribution >= 4 is 11.8 Å². The van der Waals surface area contributed by atoms with Crippen LogP contribution in [0.4, 0.5) is 0 Å². The van der Waals surface area contributed by atoms with Gasteiger partial charge in [-0.3, -0.25) is 10.4 Å². The highest BCUT2D eigenvalue weighted by molar-refractivity contribution is 7.99. The van der Waals surface area contributed by atoms with Gasteiger partial charge in [-0.05, 0) is 45.4 Å². The fourth-order valence-corrected chi connectivity index (χ4v) is 3.97. The largest absolute Gasteiger partial charge is 0.297 e. The Bertz CT molecular complexity index is 489. The van der Waals surface area contributed by atoms with Gasteiger partial charge >= 0.3 is 0 Å². The topological polar surface area (TPSA) is 77.4 Å². The zero-order valence-electron chi connectivity index (χ0n) is 11.1. The summed E-state index contributed by atoms with van der Waals surface area (Å²) >= 11 is 1.71. The Labute approximate surface area is 117 Å². The summed E-state index contributed by atoms with van der Waals surface area (Å²) in [5.41, 5.74) is -0.317. The number of rotatable bonds is 4. The second-order valence-corrected chi connectivity index (χ2v) is 6.92. The van der Waals surface area contributed by atoms with Crippen molar-refractivity contribution in [3.63, 3.8) is 0 Å². The van der Waals surface area contributed by atoms with Gasteiger partial charge in [-0.1, -0.05) is 11.8 Å². The van der Waals surface area contributed by atoms with Crippen LogP contribution in [0.5, 0.6) is 0 Å². The van der Waals surface area contributed by atoms with Gasteiger partial charge in [-0.15, -0.1) is 5.10 Å². The lowest BCUT2D eigenvalue weighted by Crippen LogP contribution is -2.49. The Kier molecular flexibility index (Phi) is 3.50. The van der Waals surface area contributed by atoms with E-state index in [-0.39, 0.29) is 5.54 Å². The average molecular weight is 277 g/mol. The van der Waals surface area contributed by atoms with Crippen LogP contribution in [0, 0.1) is 18.3 Å². The number of aromatic amines is 1. The maximum Gasteiger partial charge on any atom is 0.208 e. The molecule has 0 amide bonds. The maximum absolute atomic E-state index is 9.55. The summed E-state index contributed by atoms with van der Waals surface area (Å²) in [7, 11) is 0. The monoisotopic (exact) mass is 277 g/mol. The van der Waals surface area contributed by atoms with Gasteiger partial charge in [0.2, 0.25) is 5.16 Å². The molecule has 0 spiro atoms. The van der Waals surface area contributed by atoms with E-state index >= 15 is 0 Å². The van der Waals surface area contributed by atoms with Crippen LogP contribution in [0.25, 0.3) is 0 Å². The summed E-state index contributed by atoms with van der Waals surface area (Å²) in [6.45, 7) is 1.91. The second-order valence-electron chi connectivity index (χ2n) is 5.65. The summed E-state index contributed by atoms with van der Waals surface area (Å²) < 4.78 is 0. The molecule has 2 aliphatic carbocycles. The average Bonchev–Trinajstić information content (AvgIpc) is 3.11. The number of nitrogens with one attached hydrogen (secondary N) is 2. The van der Waals surface area contributed by atoms with Gasteiger partial charge in [0, 0.05) is 11.3 Å². The SMILES string of the molecule is Cc1nc(SC2CCCC(C#N)(NC3CC3)C2)n[nH]1. The van der Waals surface area contributed by atoms with Crippen molar-refractivity contribution in [2.75, 3.05) is 0 Å². The summed E-state index contributed by atoms with van der Waals surface area (Å²) in [6, 6.07) is 3.11. The Hall–Kier alpha value is -1.06. The number of aromatic nitrogens is 3. The van der Waals surface area contributed by atoms with E-state index in [4.69, 9.17) is 0 Å². The number of hydrogen-bond acceptors (Lipinski definition) is 5. The van der Waals surface area contributed by atoms with Crippen LogP contribution in [0.2, 0.25) is 0 Å². The number of H-pyrrole nitrogens is 1. The molecule has 6 heteroatoms. The van der Waals surface area contributed by atoms with Crippen molar-refractivity contribution < 1.29 is 0 Å². The lowest BCUT2D eigenvalue weighted by atomic mass is 9.82. The quantitative estimate of drug-likeness (QED) is 0.882. The number of aryl methyl sites for hydroxylation is 1. The van der Waals surface area contributed by atoms with E-state index in [1.807, 2.05) is 6.92 Å². The minimum Gasteiger partial charge on any atom is -0.297 e. The lowest BCUT2D eigenvalue weighted by molar-refractivity contribution is 0.301. The van der Waals surface area contributed by atoms with Crippen molar-refractivity contribution in [1.82, 2.24) is 20.5 Å². The Morgan fingerprint density at radius 1 is 1.47 bits per heavy atom. The molecule has 3 rings (SSSR count). The Morgan fingerprint density at radius 3 is 2.95 bits per heavy atom. The fourth-order valence-electron chi connectivity index (χ4n) is 2.73. The van der Waals surface area contributed by atoms with E-state index in [9.17, 15) is 5.26 Å². The highest BCUT2D eigenvalue weighted by Gasteiger charge is 2.40. The van der Waals surface area contributed by atoms with Crippen LogP contribution in [0.15, 0.2) is 5.16 Å². The highest BCUT2D eigenvalue weighted by atomic mass is 32.2. The van der Waals surface area contributed by atoms with E-state index in [0.717, 1.165) is 36.7 Å². The first-order valence-corrected chi connectivity index (χ1v) is 7.82. The third-order valence-corrected chi connectivity index (χ3v) is 4.96. The summed E-state index contributed by atoms with van der Waals surface area (Å²) in [5, 5.41) is 21.4. The second kappa shape index (κ2) is 5.14. The first-order valence-electron chi connectivity index (χ1n) is 6.94. The lowest BCUT2D eigenvalue weighted by Gasteiger charge is -2.36. The zero-order chi connectivity index (χ0) is 13.3. The molecule has 0 aliphatic heterocycles. The van der Waals surface area contributed by atoms with Crippen LogP contribution < -0.4 is 5.32 Å². The van der Waals surface area contributed by atoms with E-state index in [1.54, 1.807) is 11.8 Å². The molecule has 0 radical (unpaired) electrons. The third-order valence-electron chi connectivity index (χ3n) is 3.83. The molecule has 2 unspecified atom stereocenters. The molecule has 102 valence electrons. The zero-order valence-corrected chi connectivity index (χ0v) is 12.0. The molecule has 19 heavy (non-hydrogen) atoms. The van der Waals surface area contributed by atoms with Crippen molar-refractivity contribution in [2.24, 2.45) is 0 Å². The summed E-state index contributed by atoms with van der Waals surface area (Å²) in [6.07, 6.45) is 6.58. The standard InChI is InChI=1S/C13H19N5S/c1-9-15-12(18-17-9)19-11-3-2-6-13(7-11,8-14)16-10-4-5-10/h10-11,16H,2-7H2,1H3,(H,15,17,18). The van der Waals surface area contributed by atoms with Crippen LogP contribution in [0.3, 0.4) is 0 Å². The minimum atomic E-state index is -0.317. The molecule has 0 bridgehead atoms. The minimum absolute atomic E-state index is 0.317. The van der Waals surface area contributed by atoms with Crippen LogP contribution in [-0.4, -0.2) is 32.0 Å². The van der Waals surface area contributed by atoms with Crippen LogP contribution in [0.1, 0.15) is 44.3 Å². The van der Waals surface area contributed by atoms with Crippen molar-refractivity contribution in [3.8, 4) is 6.07 Å². The molecule has 5 nitrogen and oxygen atoms in total. The van der Waals surface area contributed by atoms with Gasteiger partial charge in [0.15, 0.2) is 0 Å². The summed E-state index contributed by atoms with van der Waals surface area (Å²) in [4.78, 5) is 4.34. The molecule has 2 aliphatic rings. The van der Waals surface area contributed by atoms with Gasteiger partial charge in [0.25, 0.3) is 0 Å². The van der Waals surface area contributed by atoms with Crippen molar-refractivity contribution in [1.29, 1.82) is 5.26 Å². The van der Waals surface area contributed by atoms with Gasteiger partial charge < -0.3 is 0 Å². The van der Waals surface area contributed by atoms with E-state index in [2.05, 4.69) is 26.6 Å². The molecule has 2 fully saturated rings. The molecule has 1 aromatic rings. The molecule has 0 saturated heterocycles. The molecule has 1 heterocycles.